The van der Waals surface area contributed by atoms with Crippen LogP contribution in [0.25, 0.3) is 0 Å². The zero-order valence-electron chi connectivity index (χ0n) is 16.3. The highest BCUT2D eigenvalue weighted by Crippen LogP contribution is 2.39. The second-order valence-electron chi connectivity index (χ2n) is 7.34. The molecule has 3 N–H and O–H groups in total. The van der Waals surface area contributed by atoms with Crippen molar-refractivity contribution in [3.63, 3.8) is 0 Å². The maximum atomic E-state index is 14.2. The van der Waals surface area contributed by atoms with E-state index in [9.17, 15) is 32.7 Å². The van der Waals surface area contributed by atoms with Crippen LogP contribution in [-0.4, -0.2) is 63.8 Å². The number of likely N-dealkylation sites (tertiary alicyclic amines) is 1. The van der Waals surface area contributed by atoms with Gasteiger partial charge in [0.2, 0.25) is 11.6 Å². The van der Waals surface area contributed by atoms with Gasteiger partial charge in [0.1, 0.15) is 5.82 Å². The van der Waals surface area contributed by atoms with Gasteiger partial charge in [-0.1, -0.05) is 12.1 Å². The van der Waals surface area contributed by atoms with Crippen LogP contribution >= 0.6 is 0 Å². The summed E-state index contributed by atoms with van der Waals surface area (Å²) < 4.78 is 41.5. The fraction of sp³-hybridized carbons (Fsp3) is 0.421. The molecule has 2 atom stereocenters. The van der Waals surface area contributed by atoms with E-state index in [1.54, 1.807) is 0 Å². The van der Waals surface area contributed by atoms with Crippen LogP contribution in [0.5, 0.6) is 0 Å². The minimum absolute atomic E-state index is 0.0799. The molecule has 2 aliphatic rings. The Bertz CT molecular complexity index is 906. The predicted molar refractivity (Wildman–Crippen MR) is 98.3 cm³/mol. The highest BCUT2D eigenvalue weighted by atomic mass is 19.3. The summed E-state index contributed by atoms with van der Waals surface area (Å²) in [5, 5.41) is 14.8. The van der Waals surface area contributed by atoms with Gasteiger partial charge >= 0.3 is 0 Å². The number of amides is 3. The number of aliphatic hydroxyl groups is 1. The first-order chi connectivity index (χ1) is 14.0. The molecule has 0 saturated carbocycles. The Kier molecular flexibility index (Phi) is 5.40. The van der Waals surface area contributed by atoms with Crippen LogP contribution in [0.3, 0.4) is 0 Å². The summed E-state index contributed by atoms with van der Waals surface area (Å²) in [6, 6.07) is 3.85. The summed E-state index contributed by atoms with van der Waals surface area (Å²) >= 11 is 0. The smallest absolute Gasteiger partial charge is 0.292 e. The third kappa shape index (κ3) is 3.66. The molecule has 3 amide bonds. The van der Waals surface area contributed by atoms with E-state index >= 15 is 0 Å². The van der Waals surface area contributed by atoms with Crippen molar-refractivity contribution in [1.29, 1.82) is 0 Å². The topological polar surface area (TPSA) is 102 Å². The molecule has 1 fully saturated rings. The van der Waals surface area contributed by atoms with E-state index < -0.39 is 59.9 Å². The van der Waals surface area contributed by atoms with E-state index in [4.69, 9.17) is 0 Å². The lowest BCUT2D eigenvalue weighted by atomic mass is 9.92. The van der Waals surface area contributed by atoms with Gasteiger partial charge in [0.05, 0.1) is 12.6 Å². The minimum atomic E-state index is -3.27. The van der Waals surface area contributed by atoms with Gasteiger partial charge in [0.25, 0.3) is 17.7 Å². The molecule has 0 aromatic heterocycles. The minimum Gasteiger partial charge on any atom is -0.502 e. The van der Waals surface area contributed by atoms with Crippen molar-refractivity contribution in [3.8, 4) is 0 Å². The molecule has 0 spiro atoms. The molecule has 1 aromatic rings. The number of hydrogen-bond donors (Lipinski definition) is 3. The maximum Gasteiger partial charge on any atom is 0.292 e. The quantitative estimate of drug-likeness (QED) is 0.663. The number of likely N-dealkylation sites (N-methyl/N-ethyl adjacent to an activating group) is 1. The largest absolute Gasteiger partial charge is 0.502 e. The van der Waals surface area contributed by atoms with Gasteiger partial charge in [0, 0.05) is 33.1 Å². The second kappa shape index (κ2) is 7.54. The van der Waals surface area contributed by atoms with Gasteiger partial charge in [-0.15, -0.1) is 0 Å². The summed E-state index contributed by atoms with van der Waals surface area (Å²) in [5.74, 6) is -6.96. The number of rotatable bonds is 4. The van der Waals surface area contributed by atoms with Crippen molar-refractivity contribution in [2.75, 3.05) is 13.6 Å². The number of halogens is 3. The molecule has 2 heterocycles. The number of aliphatic hydroxyl groups excluding tert-OH is 1. The van der Waals surface area contributed by atoms with E-state index in [1.807, 2.05) is 0 Å². The zero-order chi connectivity index (χ0) is 22.3. The Hall–Kier alpha value is -3.24. The summed E-state index contributed by atoms with van der Waals surface area (Å²) in [7, 11) is 1.17. The predicted octanol–water partition coefficient (Wildman–Crippen LogP) is 0.855. The van der Waals surface area contributed by atoms with E-state index in [0.29, 0.717) is 5.56 Å². The highest BCUT2D eigenvalue weighted by molar-refractivity contribution is 5.99. The molecule has 3 rings (SSSR count). The average Bonchev–Trinajstić information content (AvgIpc) is 3.02. The number of hydrogen-bond acceptors (Lipinski definition) is 5. The third-order valence-electron chi connectivity index (χ3n) is 5.35. The first kappa shape index (κ1) is 21.5. The van der Waals surface area contributed by atoms with Gasteiger partial charge in [-0.3, -0.25) is 14.4 Å². The Balaban J connectivity index is 1.98. The number of nitrogens with one attached hydrogen (secondary N) is 2. The average molecular weight is 426 g/mol. The molecule has 162 valence electrons. The van der Waals surface area contributed by atoms with Crippen LogP contribution < -0.4 is 10.6 Å². The lowest BCUT2D eigenvalue weighted by Gasteiger charge is -2.48. The number of carbonyl (C=O) groups is 3. The van der Waals surface area contributed by atoms with Gasteiger partial charge in [-0.05, 0) is 17.7 Å². The van der Waals surface area contributed by atoms with Crippen LogP contribution in [0, 0.1) is 5.82 Å². The molecular weight excluding hydrogens is 405 g/mol. The number of benzene rings is 1. The van der Waals surface area contributed by atoms with Gasteiger partial charge in [-0.25, -0.2) is 13.2 Å². The second-order valence-corrected chi connectivity index (χ2v) is 7.34. The summed E-state index contributed by atoms with van der Waals surface area (Å²) in [6.45, 7) is 0.110. The molecule has 2 aliphatic heterocycles. The standard InChI is InChI=1S/C19H21F3N4O4/c1-11(27)26-10-18(21,22)7-15(26)19(24-9-14(28)16(29)25(19)2)17(30)23-8-12-3-5-13(20)6-4-12/h3-6,9,15,24,28H,7-8,10H2,1-2H3,(H,23,30)/t15-,19?/m0/s1. The summed E-state index contributed by atoms with van der Waals surface area (Å²) in [4.78, 5) is 39.4. The Morgan fingerprint density at radius 2 is 1.93 bits per heavy atom. The lowest BCUT2D eigenvalue weighted by molar-refractivity contribution is -0.156. The Morgan fingerprint density at radius 1 is 1.30 bits per heavy atom. The van der Waals surface area contributed by atoms with Crippen molar-refractivity contribution in [2.24, 2.45) is 0 Å². The van der Waals surface area contributed by atoms with Crippen molar-refractivity contribution in [2.45, 2.75) is 37.5 Å². The molecule has 0 radical (unpaired) electrons. The zero-order valence-corrected chi connectivity index (χ0v) is 16.3. The molecular formula is C19H21F3N4O4. The van der Waals surface area contributed by atoms with Crippen molar-refractivity contribution in [1.82, 2.24) is 20.4 Å². The van der Waals surface area contributed by atoms with Crippen LogP contribution in [0.4, 0.5) is 13.2 Å². The van der Waals surface area contributed by atoms with Crippen molar-refractivity contribution >= 4 is 17.7 Å². The SMILES string of the molecule is CC(=O)N1CC(F)(F)C[C@H]1C1(C(=O)NCc2ccc(F)cc2)NC=C(O)C(=O)N1C. The fourth-order valence-electron chi connectivity index (χ4n) is 3.80. The number of nitrogens with zero attached hydrogens (tertiary/aromatic N) is 2. The molecule has 30 heavy (non-hydrogen) atoms. The summed E-state index contributed by atoms with van der Waals surface area (Å²) in [5.41, 5.74) is -1.56. The molecule has 1 unspecified atom stereocenters. The van der Waals surface area contributed by atoms with E-state index in [-0.39, 0.29) is 6.54 Å². The van der Waals surface area contributed by atoms with Crippen LogP contribution in [-0.2, 0) is 20.9 Å². The first-order valence-electron chi connectivity index (χ1n) is 9.11. The van der Waals surface area contributed by atoms with Crippen molar-refractivity contribution in [3.05, 3.63) is 47.6 Å². The van der Waals surface area contributed by atoms with Crippen LogP contribution in [0.15, 0.2) is 36.2 Å². The number of carbonyl (C=O) groups excluding carboxylic acids is 3. The molecule has 0 bridgehead atoms. The van der Waals surface area contributed by atoms with E-state index in [2.05, 4.69) is 10.6 Å². The maximum absolute atomic E-state index is 14.2. The normalized spacial score (nSPS) is 25.6. The number of alkyl halides is 2. The molecule has 8 nitrogen and oxygen atoms in total. The third-order valence-corrected chi connectivity index (χ3v) is 5.35. The highest BCUT2D eigenvalue weighted by Gasteiger charge is 2.62. The van der Waals surface area contributed by atoms with Gasteiger partial charge in [0.15, 0.2) is 5.76 Å². The van der Waals surface area contributed by atoms with Crippen molar-refractivity contribution < 1.29 is 32.7 Å². The van der Waals surface area contributed by atoms with Gasteiger partial charge < -0.3 is 25.5 Å². The first-order valence-corrected chi connectivity index (χ1v) is 9.11. The van der Waals surface area contributed by atoms with E-state index in [1.165, 1.54) is 31.3 Å². The Morgan fingerprint density at radius 3 is 2.53 bits per heavy atom. The monoisotopic (exact) mass is 426 g/mol. The van der Waals surface area contributed by atoms with Crippen LogP contribution in [0.1, 0.15) is 18.9 Å². The molecule has 11 heteroatoms. The lowest BCUT2D eigenvalue weighted by Crippen LogP contribution is -2.76. The van der Waals surface area contributed by atoms with E-state index in [0.717, 1.165) is 22.9 Å². The summed E-state index contributed by atoms with van der Waals surface area (Å²) in [6.07, 6.45) is -0.00957. The molecule has 1 saturated heterocycles. The van der Waals surface area contributed by atoms with Gasteiger partial charge in [-0.2, -0.15) is 0 Å². The van der Waals surface area contributed by atoms with Crippen LogP contribution in [0.2, 0.25) is 0 Å². The Labute approximate surface area is 170 Å². The molecule has 1 aromatic carbocycles. The molecule has 0 aliphatic carbocycles. The fourth-order valence-corrected chi connectivity index (χ4v) is 3.80.